The second-order valence-corrected chi connectivity index (χ2v) is 9.44. The number of methoxy groups -OCH3 is 2. The van der Waals surface area contributed by atoms with Gasteiger partial charge in [-0.15, -0.1) is 0 Å². The third-order valence-corrected chi connectivity index (χ3v) is 6.74. The van der Waals surface area contributed by atoms with Crippen molar-refractivity contribution >= 4 is 16.9 Å². The Morgan fingerprint density at radius 1 is 0.921 bits per heavy atom. The number of nitrogens with one attached hydrogen (secondary N) is 1. The number of rotatable bonds is 13. The lowest BCUT2D eigenvalue weighted by Gasteiger charge is -2.12. The van der Waals surface area contributed by atoms with Crippen LogP contribution in [0.25, 0.3) is 11.0 Å². The van der Waals surface area contributed by atoms with Gasteiger partial charge in [0.05, 0.1) is 38.3 Å². The normalized spacial score (nSPS) is 10.9. The van der Waals surface area contributed by atoms with Crippen molar-refractivity contribution in [1.82, 2.24) is 14.9 Å². The number of nitrogens with zero attached hydrogens (tertiary/aromatic N) is 2. The van der Waals surface area contributed by atoms with Gasteiger partial charge in [0.2, 0.25) is 5.91 Å². The van der Waals surface area contributed by atoms with Crippen molar-refractivity contribution in [2.24, 2.45) is 0 Å². The number of unbranched alkanes of at least 4 members (excludes halogenated alkanes) is 1. The lowest BCUT2D eigenvalue weighted by Crippen LogP contribution is -2.28. The number of aromatic nitrogens is 2. The van der Waals surface area contributed by atoms with Crippen LogP contribution in [0.1, 0.15) is 35.4 Å². The molecule has 1 amide bonds. The van der Waals surface area contributed by atoms with Crippen LogP contribution in [0.2, 0.25) is 0 Å². The third-order valence-electron chi connectivity index (χ3n) is 6.74. The number of hydrogen-bond donors (Lipinski definition) is 1. The molecule has 38 heavy (non-hydrogen) atoms. The fraction of sp³-hybridized carbons (Fsp3) is 0.355. The van der Waals surface area contributed by atoms with Crippen molar-refractivity contribution in [1.29, 1.82) is 0 Å². The van der Waals surface area contributed by atoms with E-state index in [1.54, 1.807) is 14.2 Å². The van der Waals surface area contributed by atoms with Gasteiger partial charge in [-0.05, 0) is 79.8 Å². The molecule has 3 aromatic carbocycles. The Morgan fingerprint density at radius 2 is 1.74 bits per heavy atom. The van der Waals surface area contributed by atoms with Crippen LogP contribution in [-0.4, -0.2) is 42.8 Å². The molecule has 0 aliphatic carbocycles. The first-order valence-corrected chi connectivity index (χ1v) is 13.1. The van der Waals surface area contributed by atoms with Gasteiger partial charge in [0.25, 0.3) is 0 Å². The lowest BCUT2D eigenvalue weighted by atomic mass is 10.1. The fourth-order valence-electron chi connectivity index (χ4n) is 4.48. The Morgan fingerprint density at radius 3 is 2.53 bits per heavy atom. The molecule has 7 heteroatoms. The van der Waals surface area contributed by atoms with E-state index in [0.717, 1.165) is 47.6 Å². The molecule has 1 aromatic heterocycles. The molecule has 0 saturated carbocycles. The van der Waals surface area contributed by atoms with Gasteiger partial charge >= 0.3 is 0 Å². The summed E-state index contributed by atoms with van der Waals surface area (Å²) in [6.07, 6.45) is 2.85. The summed E-state index contributed by atoms with van der Waals surface area (Å²) < 4.78 is 18.8. The molecular formula is C31H37N3O4. The maximum Gasteiger partial charge on any atom is 0.224 e. The molecule has 1 heterocycles. The van der Waals surface area contributed by atoms with Crippen LogP contribution in [-0.2, 0) is 24.2 Å². The number of carbonyl (C=O) groups is 1. The minimum absolute atomic E-state index is 0.0385. The van der Waals surface area contributed by atoms with Crippen molar-refractivity contribution in [3.63, 3.8) is 0 Å². The van der Waals surface area contributed by atoms with E-state index in [-0.39, 0.29) is 12.3 Å². The van der Waals surface area contributed by atoms with Gasteiger partial charge in [0.1, 0.15) is 11.6 Å². The molecule has 0 saturated heterocycles. The highest BCUT2D eigenvalue weighted by molar-refractivity contribution is 5.79. The van der Waals surface area contributed by atoms with Crippen LogP contribution in [0.5, 0.6) is 17.2 Å². The van der Waals surface area contributed by atoms with Crippen LogP contribution >= 0.6 is 0 Å². The lowest BCUT2D eigenvalue weighted by molar-refractivity contribution is -0.120. The number of amides is 1. The van der Waals surface area contributed by atoms with Crippen molar-refractivity contribution in [3.8, 4) is 17.2 Å². The molecule has 4 aromatic rings. The zero-order chi connectivity index (χ0) is 26.9. The summed E-state index contributed by atoms with van der Waals surface area (Å²) >= 11 is 0. The molecule has 0 unspecified atom stereocenters. The summed E-state index contributed by atoms with van der Waals surface area (Å²) in [7, 11) is 3.18. The topological polar surface area (TPSA) is 74.6 Å². The number of para-hydroxylation sites is 2. The van der Waals surface area contributed by atoms with E-state index in [4.69, 9.17) is 19.2 Å². The van der Waals surface area contributed by atoms with Gasteiger partial charge < -0.3 is 24.1 Å². The Hall–Kier alpha value is -4.00. The standard InChI is InChI=1S/C31H37N3O4/c1-22-11-13-25(19-23(22)2)38-18-8-7-17-34-27-10-6-5-9-26(27)33-30(34)15-16-32-31(35)21-24-12-14-28(36-3)29(20-24)37-4/h5-6,9-14,19-20H,7-8,15-18,21H2,1-4H3,(H,32,35). The van der Waals surface area contributed by atoms with Crippen molar-refractivity contribution in [3.05, 3.63) is 83.2 Å². The number of imidazole rings is 1. The molecule has 0 radical (unpaired) electrons. The van der Waals surface area contributed by atoms with E-state index < -0.39 is 0 Å². The predicted octanol–water partition coefficient (Wildman–Crippen LogP) is 5.43. The SMILES string of the molecule is COc1ccc(CC(=O)NCCc2nc3ccccc3n2CCCCOc2ccc(C)c(C)c2)cc1OC. The number of carbonyl (C=O) groups excluding carboxylic acids is 1. The van der Waals surface area contributed by atoms with E-state index in [2.05, 4.69) is 41.9 Å². The molecule has 0 bridgehead atoms. The quantitative estimate of drug-likeness (QED) is 0.240. The number of fused-ring (bicyclic) bond motifs is 1. The number of aryl methyl sites for hydroxylation is 3. The average Bonchev–Trinajstić information content (AvgIpc) is 3.27. The molecule has 0 aliphatic rings. The van der Waals surface area contributed by atoms with Gasteiger partial charge in [0.15, 0.2) is 11.5 Å². The summed E-state index contributed by atoms with van der Waals surface area (Å²) in [5.74, 6) is 3.13. The van der Waals surface area contributed by atoms with Gasteiger partial charge in [0, 0.05) is 19.5 Å². The first-order valence-electron chi connectivity index (χ1n) is 13.1. The summed E-state index contributed by atoms with van der Waals surface area (Å²) in [5, 5.41) is 3.04. The van der Waals surface area contributed by atoms with Crippen molar-refractivity contribution in [2.75, 3.05) is 27.4 Å². The molecule has 0 spiro atoms. The molecule has 0 fully saturated rings. The van der Waals surface area contributed by atoms with Crippen LogP contribution in [0.15, 0.2) is 60.7 Å². The number of ether oxygens (including phenoxy) is 3. The van der Waals surface area contributed by atoms with Crippen LogP contribution < -0.4 is 19.5 Å². The predicted molar refractivity (Wildman–Crippen MR) is 150 cm³/mol. The maximum absolute atomic E-state index is 12.6. The first-order chi connectivity index (χ1) is 18.5. The average molecular weight is 516 g/mol. The smallest absolute Gasteiger partial charge is 0.224 e. The zero-order valence-electron chi connectivity index (χ0n) is 22.8. The van der Waals surface area contributed by atoms with E-state index >= 15 is 0 Å². The molecule has 7 nitrogen and oxygen atoms in total. The minimum Gasteiger partial charge on any atom is -0.494 e. The molecule has 0 atom stereocenters. The van der Waals surface area contributed by atoms with E-state index in [1.165, 1.54) is 11.1 Å². The molecular weight excluding hydrogens is 478 g/mol. The summed E-state index contributed by atoms with van der Waals surface area (Å²) in [4.78, 5) is 17.4. The number of benzene rings is 3. The highest BCUT2D eigenvalue weighted by atomic mass is 16.5. The van der Waals surface area contributed by atoms with Crippen LogP contribution in [0.4, 0.5) is 0 Å². The van der Waals surface area contributed by atoms with Crippen molar-refractivity contribution < 1.29 is 19.0 Å². The summed E-state index contributed by atoms with van der Waals surface area (Å²) in [5.41, 5.74) is 5.48. The molecule has 4 rings (SSSR count). The second kappa shape index (κ2) is 13.0. The highest BCUT2D eigenvalue weighted by Crippen LogP contribution is 2.27. The Bertz CT molecular complexity index is 1380. The van der Waals surface area contributed by atoms with Gasteiger partial charge in [-0.25, -0.2) is 4.98 Å². The largest absolute Gasteiger partial charge is 0.494 e. The van der Waals surface area contributed by atoms with Gasteiger partial charge in [-0.3, -0.25) is 4.79 Å². The summed E-state index contributed by atoms with van der Waals surface area (Å²) in [6.45, 7) is 6.26. The number of hydrogen-bond acceptors (Lipinski definition) is 5. The van der Waals surface area contributed by atoms with Gasteiger partial charge in [-0.1, -0.05) is 24.3 Å². The Kier molecular flexibility index (Phi) is 9.25. The second-order valence-electron chi connectivity index (χ2n) is 9.44. The Labute approximate surface area is 224 Å². The molecule has 200 valence electrons. The van der Waals surface area contributed by atoms with Crippen molar-refractivity contribution in [2.45, 2.75) is 46.1 Å². The third kappa shape index (κ3) is 6.85. The monoisotopic (exact) mass is 515 g/mol. The molecule has 0 aliphatic heterocycles. The van der Waals surface area contributed by atoms with Crippen LogP contribution in [0.3, 0.4) is 0 Å². The van der Waals surface area contributed by atoms with Gasteiger partial charge in [-0.2, -0.15) is 0 Å². The van der Waals surface area contributed by atoms with E-state index in [0.29, 0.717) is 31.1 Å². The van der Waals surface area contributed by atoms with E-state index in [9.17, 15) is 4.79 Å². The zero-order valence-corrected chi connectivity index (χ0v) is 22.8. The fourth-order valence-corrected chi connectivity index (χ4v) is 4.48. The maximum atomic E-state index is 12.6. The van der Waals surface area contributed by atoms with E-state index in [1.807, 2.05) is 42.5 Å². The first kappa shape index (κ1) is 27.0. The summed E-state index contributed by atoms with van der Waals surface area (Å²) in [6, 6.07) is 19.9. The highest BCUT2D eigenvalue weighted by Gasteiger charge is 2.12. The van der Waals surface area contributed by atoms with Crippen LogP contribution in [0, 0.1) is 13.8 Å². The minimum atomic E-state index is -0.0385. The molecule has 1 N–H and O–H groups in total. The Balaban J connectivity index is 1.30.